The molecule has 1 aromatic heterocycles. The Balaban J connectivity index is 2.21. The van der Waals surface area contributed by atoms with Gasteiger partial charge in [-0.2, -0.15) is 13.2 Å². The highest BCUT2D eigenvalue weighted by molar-refractivity contribution is 7.20. The van der Waals surface area contributed by atoms with Crippen molar-refractivity contribution < 1.29 is 18.3 Å². The Hall–Kier alpha value is -2.18. The minimum absolute atomic E-state index is 0.0428. The molecule has 130 valence electrons. The number of aromatic hydroxyl groups is 1. The van der Waals surface area contributed by atoms with Crippen LogP contribution in [-0.4, -0.2) is 12.2 Å². The molecule has 1 heterocycles. The van der Waals surface area contributed by atoms with Gasteiger partial charge in [0.2, 0.25) is 0 Å². The summed E-state index contributed by atoms with van der Waals surface area (Å²) in [7, 11) is 1.65. The minimum atomic E-state index is -4.52. The zero-order chi connectivity index (χ0) is 18.2. The number of hydrogen-bond acceptors (Lipinski definition) is 3. The molecule has 0 aliphatic carbocycles. The highest BCUT2D eigenvalue weighted by Crippen LogP contribution is 2.51. The Kier molecular flexibility index (Phi) is 4.67. The van der Waals surface area contributed by atoms with Crippen LogP contribution in [0.15, 0.2) is 48.5 Å². The van der Waals surface area contributed by atoms with Gasteiger partial charge in [-0.05, 0) is 29.3 Å². The van der Waals surface area contributed by atoms with Crippen LogP contribution in [0.1, 0.15) is 5.56 Å². The standard InChI is InChI=1S/C18H13ClF3NOS/c1-23-17-14(11-7-12(18(20,21)22)9-13(19)8-11)15(24)16(25-17)10-5-3-2-4-6-10/h2-9,23-24H,1H3. The number of anilines is 1. The summed E-state index contributed by atoms with van der Waals surface area (Å²) in [6.45, 7) is 0. The van der Waals surface area contributed by atoms with Gasteiger partial charge in [-0.25, -0.2) is 0 Å². The van der Waals surface area contributed by atoms with Gasteiger partial charge in [-0.3, -0.25) is 0 Å². The van der Waals surface area contributed by atoms with Gasteiger partial charge in [0.1, 0.15) is 10.8 Å². The van der Waals surface area contributed by atoms with Crippen molar-refractivity contribution in [3.63, 3.8) is 0 Å². The van der Waals surface area contributed by atoms with Crippen molar-refractivity contribution >= 4 is 27.9 Å². The van der Waals surface area contributed by atoms with E-state index in [4.69, 9.17) is 11.6 Å². The van der Waals surface area contributed by atoms with Gasteiger partial charge < -0.3 is 10.4 Å². The first-order valence-electron chi connectivity index (χ1n) is 7.28. The maximum Gasteiger partial charge on any atom is 0.416 e. The van der Waals surface area contributed by atoms with Crippen molar-refractivity contribution in [3.8, 4) is 27.3 Å². The number of benzene rings is 2. The summed E-state index contributed by atoms with van der Waals surface area (Å²) < 4.78 is 39.2. The summed E-state index contributed by atoms with van der Waals surface area (Å²) in [5.74, 6) is -0.0732. The fraction of sp³-hybridized carbons (Fsp3) is 0.111. The van der Waals surface area contributed by atoms with Crippen molar-refractivity contribution in [1.29, 1.82) is 0 Å². The Bertz CT molecular complexity index is 907. The molecule has 2 nitrogen and oxygen atoms in total. The molecule has 0 saturated carbocycles. The van der Waals surface area contributed by atoms with E-state index in [1.54, 1.807) is 7.05 Å². The van der Waals surface area contributed by atoms with Crippen molar-refractivity contribution in [1.82, 2.24) is 0 Å². The monoisotopic (exact) mass is 383 g/mol. The maximum atomic E-state index is 13.1. The summed E-state index contributed by atoms with van der Waals surface area (Å²) in [4.78, 5) is 0.577. The normalized spacial score (nSPS) is 11.6. The molecule has 0 saturated heterocycles. The Morgan fingerprint density at radius 1 is 1.04 bits per heavy atom. The molecule has 3 rings (SSSR count). The average molecular weight is 384 g/mol. The fourth-order valence-electron chi connectivity index (χ4n) is 2.55. The summed E-state index contributed by atoms with van der Waals surface area (Å²) >= 11 is 7.15. The summed E-state index contributed by atoms with van der Waals surface area (Å²) in [6, 6.07) is 12.4. The highest BCUT2D eigenvalue weighted by atomic mass is 35.5. The summed E-state index contributed by atoms with van der Waals surface area (Å²) in [5.41, 5.74) is 0.439. The molecule has 0 aliphatic heterocycles. The second-order valence-corrected chi connectivity index (χ2v) is 6.78. The first-order chi connectivity index (χ1) is 11.8. The third kappa shape index (κ3) is 3.45. The Morgan fingerprint density at radius 3 is 2.32 bits per heavy atom. The van der Waals surface area contributed by atoms with Crippen LogP contribution in [0.5, 0.6) is 5.75 Å². The first kappa shape index (κ1) is 17.6. The molecule has 3 aromatic rings. The third-order valence-electron chi connectivity index (χ3n) is 3.66. The van der Waals surface area contributed by atoms with Crippen LogP contribution in [0.3, 0.4) is 0 Å². The summed E-state index contributed by atoms with van der Waals surface area (Å²) in [6.07, 6.45) is -4.52. The van der Waals surface area contributed by atoms with Gasteiger partial charge in [0.15, 0.2) is 0 Å². The van der Waals surface area contributed by atoms with Crippen molar-refractivity contribution in [3.05, 3.63) is 59.1 Å². The largest absolute Gasteiger partial charge is 0.506 e. The first-order valence-corrected chi connectivity index (χ1v) is 8.47. The molecule has 7 heteroatoms. The molecule has 0 aliphatic rings. The predicted molar refractivity (Wildman–Crippen MR) is 96.4 cm³/mol. The number of rotatable bonds is 3. The molecule has 25 heavy (non-hydrogen) atoms. The number of hydrogen-bond donors (Lipinski definition) is 2. The highest BCUT2D eigenvalue weighted by Gasteiger charge is 2.32. The number of halogens is 4. The SMILES string of the molecule is CNc1sc(-c2ccccc2)c(O)c1-c1cc(Cl)cc(C(F)(F)F)c1. The van der Waals surface area contributed by atoms with Crippen LogP contribution in [0.2, 0.25) is 5.02 Å². The van der Waals surface area contributed by atoms with E-state index >= 15 is 0 Å². The fourth-order valence-corrected chi connectivity index (χ4v) is 3.86. The van der Waals surface area contributed by atoms with Gasteiger partial charge >= 0.3 is 6.18 Å². The van der Waals surface area contributed by atoms with Crippen molar-refractivity contribution in [2.24, 2.45) is 0 Å². The van der Waals surface area contributed by atoms with E-state index in [9.17, 15) is 18.3 Å². The maximum absolute atomic E-state index is 13.1. The van der Waals surface area contributed by atoms with Gasteiger partial charge in [-0.1, -0.05) is 41.9 Å². The van der Waals surface area contributed by atoms with Gasteiger partial charge in [-0.15, -0.1) is 11.3 Å². The van der Waals surface area contributed by atoms with Crippen LogP contribution < -0.4 is 5.32 Å². The van der Waals surface area contributed by atoms with Crippen LogP contribution in [0.25, 0.3) is 21.6 Å². The van der Waals surface area contributed by atoms with Crippen LogP contribution in [0.4, 0.5) is 18.2 Å². The molecule has 0 atom stereocenters. The van der Waals surface area contributed by atoms with Crippen LogP contribution in [-0.2, 0) is 6.18 Å². The van der Waals surface area contributed by atoms with E-state index in [1.165, 1.54) is 17.4 Å². The van der Waals surface area contributed by atoms with Crippen molar-refractivity contribution in [2.75, 3.05) is 12.4 Å². The average Bonchev–Trinajstić information content (AvgIpc) is 2.91. The Morgan fingerprint density at radius 2 is 1.72 bits per heavy atom. The van der Waals surface area contributed by atoms with E-state index < -0.39 is 11.7 Å². The molecule has 0 fully saturated rings. The molecule has 0 radical (unpaired) electrons. The van der Waals surface area contributed by atoms with Gasteiger partial charge in [0.25, 0.3) is 0 Å². The van der Waals surface area contributed by atoms with E-state index in [0.29, 0.717) is 15.4 Å². The van der Waals surface area contributed by atoms with E-state index in [1.807, 2.05) is 30.3 Å². The zero-order valence-corrected chi connectivity index (χ0v) is 14.6. The molecule has 0 unspecified atom stereocenters. The lowest BCUT2D eigenvalue weighted by atomic mass is 10.0. The zero-order valence-electron chi connectivity index (χ0n) is 13.0. The van der Waals surface area contributed by atoms with Gasteiger partial charge in [0.05, 0.1) is 16.0 Å². The van der Waals surface area contributed by atoms with Gasteiger partial charge in [0, 0.05) is 12.1 Å². The van der Waals surface area contributed by atoms with E-state index in [-0.39, 0.29) is 16.3 Å². The predicted octanol–water partition coefficient (Wildman–Crippen LogP) is 6.50. The number of nitrogens with one attached hydrogen (secondary N) is 1. The quantitative estimate of drug-likeness (QED) is 0.541. The van der Waals surface area contributed by atoms with E-state index in [0.717, 1.165) is 17.7 Å². The van der Waals surface area contributed by atoms with Crippen molar-refractivity contribution in [2.45, 2.75) is 6.18 Å². The lowest BCUT2D eigenvalue weighted by Crippen LogP contribution is -2.05. The molecule has 0 spiro atoms. The molecular formula is C18H13ClF3NOS. The summed E-state index contributed by atoms with van der Waals surface area (Å²) in [5, 5.41) is 14.1. The third-order valence-corrected chi connectivity index (χ3v) is 5.12. The smallest absolute Gasteiger partial charge is 0.416 e. The Labute approximate surface area is 151 Å². The second-order valence-electron chi connectivity index (χ2n) is 5.33. The van der Waals surface area contributed by atoms with Crippen LogP contribution >= 0.6 is 22.9 Å². The number of thiophene rings is 1. The lowest BCUT2D eigenvalue weighted by Gasteiger charge is -2.11. The number of alkyl halides is 3. The van der Waals surface area contributed by atoms with E-state index in [2.05, 4.69) is 5.32 Å². The molecule has 0 bridgehead atoms. The minimum Gasteiger partial charge on any atom is -0.506 e. The molecular weight excluding hydrogens is 371 g/mol. The lowest BCUT2D eigenvalue weighted by molar-refractivity contribution is -0.137. The topological polar surface area (TPSA) is 32.3 Å². The molecule has 2 N–H and O–H groups in total. The molecule has 2 aromatic carbocycles. The second kappa shape index (κ2) is 6.61. The van der Waals surface area contributed by atoms with Crippen LogP contribution in [0, 0.1) is 0 Å². The molecule has 0 amide bonds.